The van der Waals surface area contributed by atoms with Crippen molar-refractivity contribution in [3.63, 3.8) is 0 Å². The lowest BCUT2D eigenvalue weighted by molar-refractivity contribution is -0.393. The van der Waals surface area contributed by atoms with Gasteiger partial charge in [0.25, 0.3) is 17.1 Å². The van der Waals surface area contributed by atoms with Crippen molar-refractivity contribution in [2.75, 3.05) is 14.1 Å². The summed E-state index contributed by atoms with van der Waals surface area (Å²) in [7, 11) is 3.12. The Kier molecular flexibility index (Phi) is 4.24. The smallest absolute Gasteiger partial charge is 0.284 e. The van der Waals surface area contributed by atoms with Gasteiger partial charge in [0.2, 0.25) is 0 Å². The lowest BCUT2D eigenvalue weighted by atomic mass is 10.0. The van der Waals surface area contributed by atoms with Gasteiger partial charge in [0.1, 0.15) is 11.8 Å². The number of non-ortho nitro benzene ring substituents is 2. The second-order valence-corrected chi connectivity index (χ2v) is 6.12. The number of hydrogen-bond acceptors (Lipinski definition) is 8. The normalized spacial score (nSPS) is 13.2. The van der Waals surface area contributed by atoms with Crippen molar-refractivity contribution in [2.24, 2.45) is 0 Å². The molecule has 0 atom stereocenters. The van der Waals surface area contributed by atoms with Crippen molar-refractivity contribution in [1.82, 2.24) is 4.90 Å². The van der Waals surface area contributed by atoms with E-state index in [-0.39, 0.29) is 33.6 Å². The van der Waals surface area contributed by atoms with Crippen LogP contribution in [0.5, 0.6) is 0 Å². The maximum absolute atomic E-state index is 11.6. The van der Waals surface area contributed by atoms with Crippen LogP contribution in [0.25, 0.3) is 16.7 Å². The first kappa shape index (κ1) is 18.5. The number of nitro groups is 3. The van der Waals surface area contributed by atoms with Gasteiger partial charge in [-0.15, -0.1) is 0 Å². The SMILES string of the molecule is CN(C)/C(C#N)=C1\c2cc([N+](=O)[O-])ccc2-c2c1cc([N+](=O)[O-])cc2[N+](=O)[O-]. The summed E-state index contributed by atoms with van der Waals surface area (Å²) in [6, 6.07) is 7.70. The first-order valence-electron chi connectivity index (χ1n) is 7.75. The molecule has 0 aliphatic heterocycles. The van der Waals surface area contributed by atoms with Crippen LogP contribution in [-0.4, -0.2) is 33.8 Å². The Morgan fingerprint density at radius 3 is 2.00 bits per heavy atom. The average Bonchev–Trinajstić information content (AvgIpc) is 2.95. The molecule has 0 unspecified atom stereocenters. The molecule has 0 amide bonds. The van der Waals surface area contributed by atoms with Gasteiger partial charge in [0.15, 0.2) is 0 Å². The molecule has 0 spiro atoms. The Balaban J connectivity index is 2.54. The third-order valence-corrected chi connectivity index (χ3v) is 4.32. The number of rotatable bonds is 4. The van der Waals surface area contributed by atoms with E-state index in [2.05, 4.69) is 0 Å². The zero-order valence-corrected chi connectivity index (χ0v) is 14.6. The third-order valence-electron chi connectivity index (χ3n) is 4.32. The maximum Gasteiger partial charge on any atom is 0.284 e. The highest BCUT2D eigenvalue weighted by Crippen LogP contribution is 2.51. The van der Waals surface area contributed by atoms with Crippen LogP contribution in [0.4, 0.5) is 17.1 Å². The molecule has 3 rings (SSSR count). The van der Waals surface area contributed by atoms with Gasteiger partial charge in [0, 0.05) is 49.0 Å². The molecule has 0 saturated carbocycles. The van der Waals surface area contributed by atoms with Gasteiger partial charge in [-0.05, 0) is 11.6 Å². The van der Waals surface area contributed by atoms with Gasteiger partial charge in [-0.25, -0.2) is 0 Å². The molecule has 11 heteroatoms. The molecule has 1 aliphatic carbocycles. The molecule has 0 aromatic heterocycles. The molecule has 140 valence electrons. The van der Waals surface area contributed by atoms with E-state index in [0.717, 1.165) is 12.1 Å². The summed E-state index contributed by atoms with van der Waals surface area (Å²) in [5.74, 6) is 0. The highest BCUT2D eigenvalue weighted by molar-refractivity contribution is 6.06. The Hall–Kier alpha value is -4.33. The highest BCUT2D eigenvalue weighted by atomic mass is 16.6. The lowest BCUT2D eigenvalue weighted by Crippen LogP contribution is -2.12. The average molecular weight is 381 g/mol. The van der Waals surface area contributed by atoms with Crippen LogP contribution in [0.2, 0.25) is 0 Å². The van der Waals surface area contributed by atoms with Crippen LogP contribution in [0, 0.1) is 41.7 Å². The molecule has 28 heavy (non-hydrogen) atoms. The van der Waals surface area contributed by atoms with Crippen LogP contribution in [0.1, 0.15) is 11.1 Å². The Labute approximate surface area is 157 Å². The molecule has 1 aliphatic rings. The second kappa shape index (κ2) is 6.44. The van der Waals surface area contributed by atoms with Gasteiger partial charge >= 0.3 is 0 Å². The number of nitriles is 1. The molecular weight excluding hydrogens is 370 g/mol. The fourth-order valence-electron chi connectivity index (χ4n) is 3.19. The topological polar surface area (TPSA) is 156 Å². The number of nitrogens with zero attached hydrogens (tertiary/aromatic N) is 5. The summed E-state index contributed by atoms with van der Waals surface area (Å²) >= 11 is 0. The molecule has 0 bridgehead atoms. The summed E-state index contributed by atoms with van der Waals surface area (Å²) in [4.78, 5) is 33.3. The number of hydrogen-bond donors (Lipinski definition) is 0. The predicted molar refractivity (Wildman–Crippen MR) is 97.2 cm³/mol. The second-order valence-electron chi connectivity index (χ2n) is 6.12. The van der Waals surface area contributed by atoms with E-state index in [1.165, 1.54) is 23.1 Å². The number of allylic oxidation sites excluding steroid dienone is 1. The Bertz CT molecular complexity index is 1150. The zero-order valence-electron chi connectivity index (χ0n) is 14.6. The van der Waals surface area contributed by atoms with E-state index in [1.807, 2.05) is 6.07 Å². The highest BCUT2D eigenvalue weighted by Gasteiger charge is 2.36. The van der Waals surface area contributed by atoms with Crippen molar-refractivity contribution < 1.29 is 14.8 Å². The Morgan fingerprint density at radius 2 is 1.50 bits per heavy atom. The number of benzene rings is 2. The van der Waals surface area contributed by atoms with Crippen molar-refractivity contribution in [1.29, 1.82) is 5.26 Å². The molecular formula is C17H11N5O6. The standard InChI is InChI=1S/C17H11N5O6/c1-19(2)15(8-18)17-12-5-9(20(23)24)3-4-11(12)16-13(17)6-10(21(25)26)7-14(16)22(27)28/h3-7H,1-2H3/b17-15+. The van der Waals surface area contributed by atoms with Crippen molar-refractivity contribution in [3.8, 4) is 17.2 Å². The summed E-state index contributed by atoms with van der Waals surface area (Å²) in [5.41, 5.74) is -0.316. The summed E-state index contributed by atoms with van der Waals surface area (Å²) < 4.78 is 0. The van der Waals surface area contributed by atoms with Crippen molar-refractivity contribution in [2.45, 2.75) is 0 Å². The number of fused-ring (bicyclic) bond motifs is 3. The molecule has 0 saturated heterocycles. The van der Waals surface area contributed by atoms with Crippen LogP contribution in [-0.2, 0) is 0 Å². The first-order valence-corrected chi connectivity index (χ1v) is 7.75. The molecule has 2 aromatic rings. The van der Waals surface area contributed by atoms with E-state index in [4.69, 9.17) is 0 Å². The fraction of sp³-hybridized carbons (Fsp3) is 0.118. The van der Waals surface area contributed by atoms with E-state index < -0.39 is 26.1 Å². The summed E-state index contributed by atoms with van der Waals surface area (Å²) in [5, 5.41) is 43.6. The molecule has 0 fully saturated rings. The minimum absolute atomic E-state index is 0.0651. The van der Waals surface area contributed by atoms with Crippen molar-refractivity contribution >= 4 is 22.6 Å². The van der Waals surface area contributed by atoms with E-state index >= 15 is 0 Å². The molecule has 11 nitrogen and oxygen atoms in total. The first-order chi connectivity index (χ1) is 13.2. The van der Waals surface area contributed by atoms with Crippen LogP contribution in [0.15, 0.2) is 36.0 Å². The predicted octanol–water partition coefficient (Wildman–Crippen LogP) is 3.24. The van der Waals surface area contributed by atoms with Crippen LogP contribution >= 0.6 is 0 Å². The molecule has 0 N–H and O–H groups in total. The van der Waals surface area contributed by atoms with E-state index in [0.29, 0.717) is 5.56 Å². The number of nitro benzene ring substituents is 3. The minimum Gasteiger partial charge on any atom is -0.369 e. The zero-order chi connectivity index (χ0) is 20.7. The summed E-state index contributed by atoms with van der Waals surface area (Å²) in [6.45, 7) is 0. The third kappa shape index (κ3) is 2.69. The quantitative estimate of drug-likeness (QED) is 0.378. The van der Waals surface area contributed by atoms with Gasteiger partial charge < -0.3 is 4.90 Å². The van der Waals surface area contributed by atoms with Gasteiger partial charge in [0.05, 0.1) is 26.4 Å². The molecule has 2 aromatic carbocycles. The maximum atomic E-state index is 11.6. The van der Waals surface area contributed by atoms with E-state index in [9.17, 15) is 35.6 Å². The van der Waals surface area contributed by atoms with E-state index in [1.54, 1.807) is 14.1 Å². The largest absolute Gasteiger partial charge is 0.369 e. The van der Waals surface area contributed by atoms with Gasteiger partial charge in [-0.1, -0.05) is 0 Å². The van der Waals surface area contributed by atoms with Crippen LogP contribution in [0.3, 0.4) is 0 Å². The summed E-state index contributed by atoms with van der Waals surface area (Å²) in [6.07, 6.45) is 0. The van der Waals surface area contributed by atoms with Crippen LogP contribution < -0.4 is 0 Å². The Morgan fingerprint density at radius 1 is 0.893 bits per heavy atom. The van der Waals surface area contributed by atoms with Gasteiger partial charge in [-0.3, -0.25) is 30.3 Å². The van der Waals surface area contributed by atoms with Gasteiger partial charge in [-0.2, -0.15) is 5.26 Å². The lowest BCUT2D eigenvalue weighted by Gasteiger charge is -2.14. The molecule has 0 radical (unpaired) electrons. The fourth-order valence-corrected chi connectivity index (χ4v) is 3.19. The monoisotopic (exact) mass is 381 g/mol. The minimum atomic E-state index is -0.766. The van der Waals surface area contributed by atoms with Crippen molar-refractivity contribution in [3.05, 3.63) is 77.5 Å². The molecule has 0 heterocycles.